The molecule has 1 saturated carbocycles. The zero-order valence-corrected chi connectivity index (χ0v) is 10.1. The van der Waals surface area contributed by atoms with Gasteiger partial charge in [0.25, 0.3) is 0 Å². The third-order valence-electron chi connectivity index (χ3n) is 2.32. The van der Waals surface area contributed by atoms with Crippen LogP contribution in [0, 0.1) is 17.8 Å². The van der Waals surface area contributed by atoms with Crippen LogP contribution in [-0.2, 0) is 0 Å². The van der Waals surface area contributed by atoms with Crippen LogP contribution in [0.3, 0.4) is 0 Å². The molecular formula is C13H26. The Morgan fingerprint density at radius 3 is 1.69 bits per heavy atom. The average molecular weight is 182 g/mol. The number of rotatable bonds is 3. The van der Waals surface area contributed by atoms with E-state index in [-0.39, 0.29) is 0 Å². The first kappa shape index (κ1) is 12.7. The lowest BCUT2D eigenvalue weighted by atomic mass is 10.1. The van der Waals surface area contributed by atoms with E-state index in [1.165, 1.54) is 24.8 Å². The maximum absolute atomic E-state index is 3.80. The molecule has 0 amide bonds. The van der Waals surface area contributed by atoms with Gasteiger partial charge >= 0.3 is 0 Å². The normalized spacial score (nSPS) is 15.6. The van der Waals surface area contributed by atoms with Crippen molar-refractivity contribution >= 4 is 0 Å². The van der Waals surface area contributed by atoms with Crippen molar-refractivity contribution in [3.63, 3.8) is 0 Å². The van der Waals surface area contributed by atoms with Gasteiger partial charge in [-0.25, -0.2) is 0 Å². The predicted molar refractivity (Wildman–Crippen MR) is 61.8 cm³/mol. The SMILES string of the molecule is C=C(C)CC(C)C.CC(C)C1CC1. The molecule has 0 unspecified atom stereocenters. The minimum atomic E-state index is 0.775. The van der Waals surface area contributed by atoms with Crippen molar-refractivity contribution in [3.8, 4) is 0 Å². The van der Waals surface area contributed by atoms with Gasteiger partial charge in [-0.1, -0.05) is 33.3 Å². The Morgan fingerprint density at radius 1 is 1.23 bits per heavy atom. The van der Waals surface area contributed by atoms with Crippen LogP contribution < -0.4 is 0 Å². The Hall–Kier alpha value is -0.260. The third-order valence-corrected chi connectivity index (χ3v) is 2.32. The molecule has 0 N–H and O–H groups in total. The molecule has 1 fully saturated rings. The smallest absolute Gasteiger partial charge is 0.0303 e. The number of allylic oxidation sites excluding steroid dienone is 1. The Kier molecular flexibility index (Phi) is 6.11. The van der Waals surface area contributed by atoms with E-state index in [2.05, 4.69) is 41.2 Å². The lowest BCUT2D eigenvalue weighted by molar-refractivity contribution is 0.563. The van der Waals surface area contributed by atoms with Gasteiger partial charge in [0.05, 0.1) is 0 Å². The van der Waals surface area contributed by atoms with E-state index in [1.807, 2.05) is 0 Å². The van der Waals surface area contributed by atoms with E-state index in [4.69, 9.17) is 0 Å². The minimum absolute atomic E-state index is 0.775. The van der Waals surface area contributed by atoms with Gasteiger partial charge in [0.15, 0.2) is 0 Å². The van der Waals surface area contributed by atoms with Gasteiger partial charge in [0.1, 0.15) is 0 Å². The predicted octanol–water partition coefficient (Wildman–Crippen LogP) is 4.66. The largest absolute Gasteiger partial charge is 0.100 e. The van der Waals surface area contributed by atoms with Crippen LogP contribution in [0.4, 0.5) is 0 Å². The third kappa shape index (κ3) is 9.66. The number of hydrogen-bond acceptors (Lipinski definition) is 0. The van der Waals surface area contributed by atoms with Crippen LogP contribution in [0.1, 0.15) is 53.9 Å². The molecule has 13 heavy (non-hydrogen) atoms. The molecule has 78 valence electrons. The second kappa shape index (κ2) is 6.23. The standard InChI is InChI=1S/C7H14.C6H12/c1-6(2)5-7(3)4;1-5(2)6-3-4-6/h7H,1,5H2,2-4H3;5-6H,3-4H2,1-2H3. The fourth-order valence-electron chi connectivity index (χ4n) is 1.46. The lowest BCUT2D eigenvalue weighted by Gasteiger charge is -1.99. The van der Waals surface area contributed by atoms with Crippen LogP contribution in [0.5, 0.6) is 0 Å². The molecule has 0 radical (unpaired) electrons. The van der Waals surface area contributed by atoms with Gasteiger partial charge in [-0.2, -0.15) is 0 Å². The highest BCUT2D eigenvalue weighted by Crippen LogP contribution is 2.35. The van der Waals surface area contributed by atoms with Crippen LogP contribution in [0.15, 0.2) is 12.2 Å². The van der Waals surface area contributed by atoms with Crippen molar-refractivity contribution in [1.29, 1.82) is 0 Å². The van der Waals surface area contributed by atoms with Crippen molar-refractivity contribution in [2.24, 2.45) is 17.8 Å². The summed E-state index contributed by atoms with van der Waals surface area (Å²) in [5.41, 5.74) is 1.29. The van der Waals surface area contributed by atoms with Crippen LogP contribution in [0.25, 0.3) is 0 Å². The van der Waals surface area contributed by atoms with Gasteiger partial charge in [0.2, 0.25) is 0 Å². The molecule has 0 aromatic heterocycles. The molecule has 0 bridgehead atoms. The summed E-state index contributed by atoms with van der Waals surface area (Å²) in [5, 5.41) is 0. The first-order chi connectivity index (χ1) is 5.93. The highest BCUT2D eigenvalue weighted by molar-refractivity contribution is 4.88. The highest BCUT2D eigenvalue weighted by Gasteiger charge is 2.23. The van der Waals surface area contributed by atoms with Gasteiger partial charge in [0, 0.05) is 0 Å². The molecule has 1 aliphatic carbocycles. The molecular weight excluding hydrogens is 156 g/mol. The molecule has 0 aromatic rings. The molecule has 0 aromatic carbocycles. The molecule has 0 heterocycles. The summed E-state index contributed by atoms with van der Waals surface area (Å²) in [6, 6.07) is 0. The Balaban J connectivity index is 0.000000223. The maximum atomic E-state index is 3.80. The summed E-state index contributed by atoms with van der Waals surface area (Å²) >= 11 is 0. The van der Waals surface area contributed by atoms with E-state index >= 15 is 0 Å². The van der Waals surface area contributed by atoms with Gasteiger partial charge < -0.3 is 0 Å². The topological polar surface area (TPSA) is 0 Å². The van der Waals surface area contributed by atoms with Crippen LogP contribution in [0.2, 0.25) is 0 Å². The molecule has 1 aliphatic rings. The lowest BCUT2D eigenvalue weighted by Crippen LogP contribution is -1.85. The van der Waals surface area contributed by atoms with E-state index in [0.29, 0.717) is 0 Å². The second-order valence-corrected chi connectivity index (χ2v) is 5.14. The summed E-state index contributed by atoms with van der Waals surface area (Å²) in [6.45, 7) is 14.9. The summed E-state index contributed by atoms with van der Waals surface area (Å²) < 4.78 is 0. The van der Waals surface area contributed by atoms with Crippen molar-refractivity contribution in [2.75, 3.05) is 0 Å². The molecule has 0 saturated heterocycles. The van der Waals surface area contributed by atoms with Crippen molar-refractivity contribution in [1.82, 2.24) is 0 Å². The van der Waals surface area contributed by atoms with Gasteiger partial charge in [-0.05, 0) is 43.9 Å². The Morgan fingerprint density at radius 2 is 1.69 bits per heavy atom. The van der Waals surface area contributed by atoms with Crippen molar-refractivity contribution in [3.05, 3.63) is 12.2 Å². The molecule has 0 atom stereocenters. The number of hydrogen-bond donors (Lipinski definition) is 0. The summed E-state index contributed by atoms with van der Waals surface area (Å²) in [5.74, 6) is 2.84. The molecule has 1 rings (SSSR count). The van der Waals surface area contributed by atoms with E-state index in [9.17, 15) is 0 Å². The summed E-state index contributed by atoms with van der Waals surface area (Å²) in [7, 11) is 0. The Labute approximate surface area is 84.4 Å². The van der Waals surface area contributed by atoms with Gasteiger partial charge in [-0.15, -0.1) is 6.58 Å². The van der Waals surface area contributed by atoms with Crippen LogP contribution in [-0.4, -0.2) is 0 Å². The molecule has 0 nitrogen and oxygen atoms in total. The summed E-state index contributed by atoms with van der Waals surface area (Å²) in [6.07, 6.45) is 4.16. The van der Waals surface area contributed by atoms with E-state index < -0.39 is 0 Å². The Bertz CT molecular complexity index is 138. The minimum Gasteiger partial charge on any atom is -0.100 e. The monoisotopic (exact) mass is 182 g/mol. The fraction of sp³-hybridized carbons (Fsp3) is 0.846. The zero-order chi connectivity index (χ0) is 10.4. The summed E-state index contributed by atoms with van der Waals surface area (Å²) in [4.78, 5) is 0. The van der Waals surface area contributed by atoms with E-state index in [0.717, 1.165) is 17.8 Å². The van der Waals surface area contributed by atoms with Gasteiger partial charge in [-0.3, -0.25) is 0 Å². The zero-order valence-electron chi connectivity index (χ0n) is 10.1. The van der Waals surface area contributed by atoms with Crippen molar-refractivity contribution in [2.45, 2.75) is 53.9 Å². The second-order valence-electron chi connectivity index (χ2n) is 5.14. The highest BCUT2D eigenvalue weighted by atomic mass is 14.3. The molecule has 0 spiro atoms. The first-order valence-corrected chi connectivity index (χ1v) is 5.57. The molecule has 0 aliphatic heterocycles. The van der Waals surface area contributed by atoms with Crippen LogP contribution >= 0.6 is 0 Å². The first-order valence-electron chi connectivity index (χ1n) is 5.57. The molecule has 0 heteroatoms. The van der Waals surface area contributed by atoms with E-state index in [1.54, 1.807) is 0 Å². The quantitative estimate of drug-likeness (QED) is 0.557. The average Bonchev–Trinajstić information content (AvgIpc) is 2.63. The fourth-order valence-corrected chi connectivity index (χ4v) is 1.46. The van der Waals surface area contributed by atoms with Crippen molar-refractivity contribution < 1.29 is 0 Å². The maximum Gasteiger partial charge on any atom is -0.0303 e.